The van der Waals surface area contributed by atoms with Crippen LogP contribution in [0.4, 0.5) is 0 Å². The highest BCUT2D eigenvalue weighted by molar-refractivity contribution is 6.30. The van der Waals surface area contributed by atoms with Crippen LogP contribution in [0, 0.1) is 0 Å². The highest BCUT2D eigenvalue weighted by Gasteiger charge is 2.22. The van der Waals surface area contributed by atoms with E-state index in [9.17, 15) is 0 Å². The Morgan fingerprint density at radius 2 is 0.897 bits per heavy atom. The minimum absolute atomic E-state index is 0.685. The normalized spacial score (nSPS) is 11.6. The maximum absolute atomic E-state index is 6.74. The van der Waals surface area contributed by atoms with Crippen molar-refractivity contribution < 1.29 is 4.42 Å². The van der Waals surface area contributed by atoms with E-state index in [0.29, 0.717) is 11.4 Å². The Hall–Kier alpha value is -5.28. The lowest BCUT2D eigenvalue weighted by Crippen LogP contribution is -1.94. The highest BCUT2D eigenvalue weighted by Crippen LogP contribution is 2.43. The number of rotatable bonds is 3. The lowest BCUT2D eigenvalue weighted by atomic mass is 9.98. The minimum atomic E-state index is 0.685. The average Bonchev–Trinajstić information content (AvgIpc) is 3.42. The molecule has 0 N–H and O–H groups in total. The second-order valence-electron chi connectivity index (χ2n) is 9.78. The lowest BCUT2D eigenvalue weighted by Gasteiger charge is -2.08. The van der Waals surface area contributed by atoms with Gasteiger partial charge in [-0.3, -0.25) is 0 Å². The third-order valence-electron chi connectivity index (χ3n) is 7.49. The van der Waals surface area contributed by atoms with Crippen LogP contribution in [0.15, 0.2) is 138 Å². The number of furan rings is 1. The Morgan fingerprint density at radius 1 is 0.385 bits per heavy atom. The molecule has 8 rings (SSSR count). The molecule has 0 spiro atoms. The zero-order chi connectivity index (χ0) is 25.8. The van der Waals surface area contributed by atoms with Crippen LogP contribution in [-0.4, -0.2) is 9.97 Å². The van der Waals surface area contributed by atoms with Crippen LogP contribution in [0.25, 0.3) is 77.4 Å². The molecule has 3 nitrogen and oxygen atoms in total. The maximum Gasteiger partial charge on any atom is 0.180 e. The van der Waals surface area contributed by atoms with Crippen LogP contribution in [0.5, 0.6) is 0 Å². The summed E-state index contributed by atoms with van der Waals surface area (Å²) in [5.74, 6) is 0.685. The van der Waals surface area contributed by atoms with E-state index in [1.165, 1.54) is 16.3 Å². The van der Waals surface area contributed by atoms with Gasteiger partial charge in [0, 0.05) is 16.5 Å². The molecule has 0 unspecified atom stereocenters. The molecule has 0 saturated carbocycles. The summed E-state index contributed by atoms with van der Waals surface area (Å²) in [5.41, 5.74) is 7.50. The van der Waals surface area contributed by atoms with Gasteiger partial charge in [0.05, 0.1) is 5.39 Å². The maximum atomic E-state index is 6.74. The molecule has 8 aromatic rings. The molecule has 0 aliphatic heterocycles. The largest absolute Gasteiger partial charge is 0.451 e. The minimum Gasteiger partial charge on any atom is -0.451 e. The fourth-order valence-corrected chi connectivity index (χ4v) is 5.63. The molecule has 39 heavy (non-hydrogen) atoms. The van der Waals surface area contributed by atoms with Gasteiger partial charge in [0.2, 0.25) is 0 Å². The second kappa shape index (κ2) is 8.64. The van der Waals surface area contributed by atoms with E-state index < -0.39 is 0 Å². The van der Waals surface area contributed by atoms with Crippen LogP contribution in [0.2, 0.25) is 0 Å². The van der Waals surface area contributed by atoms with Gasteiger partial charge in [0.1, 0.15) is 16.8 Å². The molecule has 3 heteroatoms. The van der Waals surface area contributed by atoms with Crippen LogP contribution in [0.1, 0.15) is 0 Å². The average molecular weight is 499 g/mol. The third-order valence-corrected chi connectivity index (χ3v) is 7.49. The quantitative estimate of drug-likeness (QED) is 0.228. The fourth-order valence-electron chi connectivity index (χ4n) is 5.63. The summed E-state index contributed by atoms with van der Waals surface area (Å²) >= 11 is 0. The monoisotopic (exact) mass is 498 g/mol. The van der Waals surface area contributed by atoms with E-state index in [2.05, 4.69) is 109 Å². The molecule has 0 amide bonds. The van der Waals surface area contributed by atoms with Gasteiger partial charge >= 0.3 is 0 Å². The molecule has 0 fully saturated rings. The first-order valence-electron chi connectivity index (χ1n) is 13.1. The van der Waals surface area contributed by atoms with Crippen LogP contribution in [0.3, 0.4) is 0 Å². The topological polar surface area (TPSA) is 38.9 Å². The van der Waals surface area contributed by atoms with Crippen LogP contribution < -0.4 is 0 Å². The number of nitrogens with zero attached hydrogens (tertiary/aromatic N) is 2. The molecule has 0 saturated heterocycles. The van der Waals surface area contributed by atoms with E-state index in [1.807, 2.05) is 24.3 Å². The molecule has 0 bridgehead atoms. The van der Waals surface area contributed by atoms with Crippen LogP contribution in [-0.2, 0) is 0 Å². The van der Waals surface area contributed by atoms with Crippen molar-refractivity contribution in [3.8, 4) is 33.8 Å². The van der Waals surface area contributed by atoms with Gasteiger partial charge in [-0.2, -0.15) is 0 Å². The van der Waals surface area contributed by atoms with E-state index in [1.54, 1.807) is 0 Å². The van der Waals surface area contributed by atoms with Crippen molar-refractivity contribution in [3.05, 3.63) is 133 Å². The van der Waals surface area contributed by atoms with Gasteiger partial charge in [0.25, 0.3) is 0 Å². The SMILES string of the molecule is c1ccc(-c2ccc(-c3nc(-c4ccccc4)nc4c3oc3c5ccccc5c5ccccc5c43)cc2)cc1. The number of hydrogen-bond donors (Lipinski definition) is 0. The Kier molecular flexibility index (Phi) is 4.82. The molecular formula is C36H22N2O. The van der Waals surface area contributed by atoms with Crippen molar-refractivity contribution >= 4 is 43.6 Å². The standard InChI is InChI=1S/C36H22N2O/c1-3-11-23(12-4-1)24-19-21-25(22-20-24)32-35-33(38-36(37-32)26-13-5-2-6-14-26)31-29-17-9-7-15-27(29)28-16-8-10-18-30(28)34(31)39-35/h1-22H. The van der Waals surface area contributed by atoms with Crippen molar-refractivity contribution in [1.29, 1.82) is 0 Å². The third kappa shape index (κ3) is 3.44. The Morgan fingerprint density at radius 3 is 1.59 bits per heavy atom. The Labute approximate surface area is 225 Å². The molecule has 0 radical (unpaired) electrons. The van der Waals surface area contributed by atoms with Crippen molar-refractivity contribution in [3.63, 3.8) is 0 Å². The summed E-state index contributed by atoms with van der Waals surface area (Å²) < 4.78 is 6.74. The molecule has 6 aromatic carbocycles. The smallest absolute Gasteiger partial charge is 0.180 e. The molecule has 0 atom stereocenters. The van der Waals surface area contributed by atoms with Crippen molar-refractivity contribution in [2.45, 2.75) is 0 Å². The molecule has 0 aliphatic rings. The zero-order valence-electron chi connectivity index (χ0n) is 21.0. The zero-order valence-corrected chi connectivity index (χ0v) is 21.0. The molecule has 0 aliphatic carbocycles. The lowest BCUT2D eigenvalue weighted by molar-refractivity contribution is 0.671. The first kappa shape index (κ1) is 21.8. The molecule has 182 valence electrons. The predicted octanol–water partition coefficient (Wildman–Crippen LogP) is 9.68. The van der Waals surface area contributed by atoms with Gasteiger partial charge in [-0.05, 0) is 27.3 Å². The predicted molar refractivity (Wildman–Crippen MR) is 161 cm³/mol. The summed E-state index contributed by atoms with van der Waals surface area (Å²) in [6.45, 7) is 0. The van der Waals surface area contributed by atoms with Gasteiger partial charge in [0.15, 0.2) is 11.4 Å². The summed E-state index contributed by atoms with van der Waals surface area (Å²) in [6.07, 6.45) is 0. The highest BCUT2D eigenvalue weighted by atomic mass is 16.3. The van der Waals surface area contributed by atoms with E-state index in [0.717, 1.165) is 49.6 Å². The summed E-state index contributed by atoms with van der Waals surface area (Å²) in [7, 11) is 0. The Bertz CT molecular complexity index is 2150. The molecular weight excluding hydrogens is 476 g/mol. The van der Waals surface area contributed by atoms with Gasteiger partial charge < -0.3 is 4.42 Å². The number of aromatic nitrogens is 2. The Balaban J connectivity index is 1.48. The first-order chi connectivity index (χ1) is 19.3. The summed E-state index contributed by atoms with van der Waals surface area (Å²) in [5, 5.41) is 5.60. The summed E-state index contributed by atoms with van der Waals surface area (Å²) in [4.78, 5) is 10.2. The van der Waals surface area contributed by atoms with Gasteiger partial charge in [-0.15, -0.1) is 0 Å². The molecule has 2 heterocycles. The fraction of sp³-hybridized carbons (Fsp3) is 0. The van der Waals surface area contributed by atoms with Gasteiger partial charge in [-0.1, -0.05) is 133 Å². The van der Waals surface area contributed by atoms with Crippen molar-refractivity contribution in [1.82, 2.24) is 9.97 Å². The first-order valence-corrected chi connectivity index (χ1v) is 13.1. The van der Waals surface area contributed by atoms with E-state index in [4.69, 9.17) is 14.4 Å². The van der Waals surface area contributed by atoms with E-state index >= 15 is 0 Å². The molecule has 2 aromatic heterocycles. The number of fused-ring (bicyclic) bond motifs is 8. The van der Waals surface area contributed by atoms with Crippen molar-refractivity contribution in [2.75, 3.05) is 0 Å². The van der Waals surface area contributed by atoms with E-state index in [-0.39, 0.29) is 0 Å². The van der Waals surface area contributed by atoms with Crippen molar-refractivity contribution in [2.24, 2.45) is 0 Å². The second-order valence-corrected chi connectivity index (χ2v) is 9.78. The van der Waals surface area contributed by atoms with Crippen LogP contribution >= 0.6 is 0 Å². The summed E-state index contributed by atoms with van der Waals surface area (Å²) in [6, 6.07) is 46.1. The van der Waals surface area contributed by atoms with Gasteiger partial charge in [-0.25, -0.2) is 9.97 Å². The number of benzene rings is 6. The number of hydrogen-bond acceptors (Lipinski definition) is 3.